The molecule has 1 atom stereocenters. The second-order valence-electron chi connectivity index (χ2n) is 9.81. The molecule has 0 aliphatic carbocycles. The van der Waals surface area contributed by atoms with Gasteiger partial charge >= 0.3 is 18.2 Å². The van der Waals surface area contributed by atoms with Gasteiger partial charge in [-0.25, -0.2) is 24.4 Å². The average Bonchev–Trinajstić information content (AvgIpc) is 2.69. The fourth-order valence-electron chi connectivity index (χ4n) is 2.76. The van der Waals surface area contributed by atoms with Crippen molar-refractivity contribution in [3.8, 4) is 0 Å². The molecule has 0 unspecified atom stereocenters. The SMILES string of the molecule is CC(C)(C)OC(=O)Nc1ccc(C[C@H](NC(=O)OC(C)(C)C)C(=O)OCc2cc(Cl)nc(Cl)c2)cn1. The molecule has 12 heteroatoms. The van der Waals surface area contributed by atoms with Gasteiger partial charge in [-0.15, -0.1) is 0 Å². The van der Waals surface area contributed by atoms with Gasteiger partial charge in [-0.2, -0.15) is 0 Å². The number of esters is 1. The van der Waals surface area contributed by atoms with Crippen LogP contribution in [0.3, 0.4) is 0 Å². The molecule has 0 radical (unpaired) electrons. The highest BCUT2D eigenvalue weighted by Crippen LogP contribution is 2.17. The number of nitrogens with one attached hydrogen (secondary N) is 2. The van der Waals surface area contributed by atoms with Gasteiger partial charge < -0.3 is 19.5 Å². The second-order valence-corrected chi connectivity index (χ2v) is 10.6. The third-order valence-electron chi connectivity index (χ3n) is 4.07. The predicted octanol–water partition coefficient (Wildman–Crippen LogP) is 5.31. The third kappa shape index (κ3) is 11.1. The van der Waals surface area contributed by atoms with Crippen molar-refractivity contribution < 1.29 is 28.6 Å². The summed E-state index contributed by atoms with van der Waals surface area (Å²) < 4.78 is 15.8. The van der Waals surface area contributed by atoms with Crippen LogP contribution in [-0.4, -0.2) is 45.4 Å². The largest absolute Gasteiger partial charge is 0.459 e. The Labute approximate surface area is 220 Å². The minimum Gasteiger partial charge on any atom is -0.459 e. The predicted molar refractivity (Wildman–Crippen MR) is 135 cm³/mol. The molecule has 0 bridgehead atoms. The Balaban J connectivity index is 2.10. The minimum absolute atomic E-state index is 0.0512. The number of aromatic nitrogens is 2. The summed E-state index contributed by atoms with van der Waals surface area (Å²) in [6, 6.07) is 5.14. The summed E-state index contributed by atoms with van der Waals surface area (Å²) in [5.41, 5.74) is -0.293. The molecule has 2 aromatic heterocycles. The van der Waals surface area contributed by atoms with Gasteiger partial charge in [0.05, 0.1) is 0 Å². The van der Waals surface area contributed by atoms with Gasteiger partial charge in [-0.3, -0.25) is 5.32 Å². The number of ether oxygens (including phenoxy) is 3. The molecule has 2 amide bonds. The van der Waals surface area contributed by atoms with Gasteiger partial charge in [-0.05, 0) is 70.9 Å². The third-order valence-corrected chi connectivity index (χ3v) is 4.46. The number of carbonyl (C=O) groups is 3. The summed E-state index contributed by atoms with van der Waals surface area (Å²) in [5.74, 6) is -0.445. The fourth-order valence-corrected chi connectivity index (χ4v) is 3.26. The van der Waals surface area contributed by atoms with E-state index in [-0.39, 0.29) is 29.2 Å². The lowest BCUT2D eigenvalue weighted by atomic mass is 10.1. The van der Waals surface area contributed by atoms with Crippen LogP contribution in [0.2, 0.25) is 10.3 Å². The van der Waals surface area contributed by atoms with E-state index in [0.29, 0.717) is 11.1 Å². The minimum atomic E-state index is -1.08. The van der Waals surface area contributed by atoms with Gasteiger partial charge in [0.15, 0.2) is 0 Å². The number of carbonyl (C=O) groups excluding carboxylic acids is 3. The molecule has 0 saturated carbocycles. The first-order valence-electron chi connectivity index (χ1n) is 11.0. The van der Waals surface area contributed by atoms with Crippen molar-refractivity contribution in [2.24, 2.45) is 0 Å². The molecular weight excluding hydrogens is 511 g/mol. The van der Waals surface area contributed by atoms with Crippen molar-refractivity contribution in [1.29, 1.82) is 0 Å². The summed E-state index contributed by atoms with van der Waals surface area (Å²) in [4.78, 5) is 45.2. The molecule has 0 aliphatic rings. The molecule has 2 rings (SSSR count). The number of hydrogen-bond donors (Lipinski definition) is 2. The first kappa shape index (κ1) is 29.1. The number of hydrogen-bond acceptors (Lipinski definition) is 8. The number of rotatable bonds is 7. The van der Waals surface area contributed by atoms with E-state index in [4.69, 9.17) is 37.4 Å². The van der Waals surface area contributed by atoms with E-state index >= 15 is 0 Å². The monoisotopic (exact) mass is 540 g/mol. The Morgan fingerprint density at radius 1 is 0.917 bits per heavy atom. The standard InChI is InChI=1S/C24H30Cl2N4O6/c1-23(2,3)35-21(32)28-16(20(31)34-13-15-10-17(25)29-18(26)11-15)9-14-7-8-19(27-12-14)30-22(33)36-24(4,5)6/h7-8,10-12,16H,9,13H2,1-6H3,(H,28,32)(H,27,30,33)/t16-/m0/s1. The Kier molecular flexibility index (Phi) is 9.89. The molecule has 36 heavy (non-hydrogen) atoms. The van der Waals surface area contributed by atoms with E-state index in [1.807, 2.05) is 0 Å². The van der Waals surface area contributed by atoms with Gasteiger partial charge in [0, 0.05) is 12.6 Å². The molecule has 2 heterocycles. The molecular formula is C24H30Cl2N4O6. The molecule has 0 aromatic carbocycles. The van der Waals surface area contributed by atoms with E-state index in [9.17, 15) is 14.4 Å². The smallest absolute Gasteiger partial charge is 0.413 e. The lowest BCUT2D eigenvalue weighted by Crippen LogP contribution is -2.45. The zero-order valence-corrected chi connectivity index (χ0v) is 22.5. The summed E-state index contributed by atoms with van der Waals surface area (Å²) >= 11 is 11.8. The highest BCUT2D eigenvalue weighted by Gasteiger charge is 2.26. The molecule has 0 saturated heterocycles. The lowest BCUT2D eigenvalue weighted by Gasteiger charge is -2.23. The summed E-state index contributed by atoms with van der Waals surface area (Å²) in [7, 11) is 0. The summed E-state index contributed by atoms with van der Waals surface area (Å²) in [6.07, 6.45) is 0.0877. The molecule has 0 spiro atoms. The molecule has 10 nitrogen and oxygen atoms in total. The van der Waals surface area contributed by atoms with Crippen LogP contribution >= 0.6 is 23.2 Å². The second kappa shape index (κ2) is 12.2. The van der Waals surface area contributed by atoms with Gasteiger partial charge in [0.25, 0.3) is 0 Å². The number of pyridine rings is 2. The van der Waals surface area contributed by atoms with Crippen molar-refractivity contribution >= 4 is 47.2 Å². The fraction of sp³-hybridized carbons (Fsp3) is 0.458. The van der Waals surface area contributed by atoms with Crippen LogP contribution in [0.15, 0.2) is 30.5 Å². The van der Waals surface area contributed by atoms with E-state index in [1.165, 1.54) is 18.3 Å². The molecule has 0 aliphatic heterocycles. The van der Waals surface area contributed by atoms with Crippen molar-refractivity contribution in [2.45, 2.75) is 71.8 Å². The average molecular weight is 541 g/mol. The Morgan fingerprint density at radius 3 is 2.03 bits per heavy atom. The van der Waals surface area contributed by atoms with E-state index < -0.39 is 35.4 Å². The Hall–Kier alpha value is -3.11. The maximum atomic E-state index is 12.9. The first-order chi connectivity index (χ1) is 16.6. The van der Waals surface area contributed by atoms with Crippen molar-refractivity contribution in [3.05, 3.63) is 51.9 Å². The molecule has 2 aromatic rings. The van der Waals surface area contributed by atoms with E-state index in [2.05, 4.69) is 20.6 Å². The van der Waals surface area contributed by atoms with Crippen LogP contribution in [0.4, 0.5) is 15.4 Å². The Morgan fingerprint density at radius 2 is 1.50 bits per heavy atom. The van der Waals surface area contributed by atoms with Crippen LogP contribution in [0, 0.1) is 0 Å². The van der Waals surface area contributed by atoms with Crippen LogP contribution in [-0.2, 0) is 32.0 Å². The number of anilines is 1. The van der Waals surface area contributed by atoms with Gasteiger partial charge in [0.2, 0.25) is 0 Å². The van der Waals surface area contributed by atoms with Crippen molar-refractivity contribution in [2.75, 3.05) is 5.32 Å². The maximum absolute atomic E-state index is 12.9. The number of amides is 2. The van der Waals surface area contributed by atoms with E-state index in [0.717, 1.165) is 0 Å². The van der Waals surface area contributed by atoms with Crippen LogP contribution in [0.5, 0.6) is 0 Å². The van der Waals surface area contributed by atoms with E-state index in [1.54, 1.807) is 53.7 Å². The lowest BCUT2D eigenvalue weighted by molar-refractivity contribution is -0.147. The normalized spacial score (nSPS) is 12.3. The zero-order valence-electron chi connectivity index (χ0n) is 21.0. The molecule has 0 fully saturated rings. The first-order valence-corrected chi connectivity index (χ1v) is 11.8. The quantitative estimate of drug-likeness (QED) is 0.274. The maximum Gasteiger partial charge on any atom is 0.413 e. The highest BCUT2D eigenvalue weighted by molar-refractivity contribution is 6.32. The summed E-state index contributed by atoms with van der Waals surface area (Å²) in [5, 5.41) is 5.37. The Bertz CT molecular complexity index is 1060. The zero-order chi connectivity index (χ0) is 27.1. The molecule has 196 valence electrons. The number of alkyl carbamates (subject to hydrolysis) is 1. The highest BCUT2D eigenvalue weighted by atomic mass is 35.5. The van der Waals surface area contributed by atoms with Gasteiger partial charge in [0.1, 0.15) is 40.0 Å². The van der Waals surface area contributed by atoms with Crippen LogP contribution in [0.25, 0.3) is 0 Å². The summed E-state index contributed by atoms with van der Waals surface area (Å²) in [6.45, 7) is 10.2. The van der Waals surface area contributed by atoms with Crippen LogP contribution < -0.4 is 10.6 Å². The van der Waals surface area contributed by atoms with Gasteiger partial charge in [-0.1, -0.05) is 29.3 Å². The number of halogens is 2. The molecule has 2 N–H and O–H groups in total. The van der Waals surface area contributed by atoms with Crippen molar-refractivity contribution in [3.63, 3.8) is 0 Å². The van der Waals surface area contributed by atoms with Crippen molar-refractivity contribution in [1.82, 2.24) is 15.3 Å². The topological polar surface area (TPSA) is 129 Å². The number of nitrogens with zero attached hydrogens (tertiary/aromatic N) is 2. The van der Waals surface area contributed by atoms with Crippen LogP contribution in [0.1, 0.15) is 52.7 Å².